The number of nitrogens with zero attached hydrogens (tertiary/aromatic N) is 1. The molecule has 2 aliphatic rings. The van der Waals surface area contributed by atoms with Gasteiger partial charge in [0.05, 0.1) is 0 Å². The summed E-state index contributed by atoms with van der Waals surface area (Å²) in [5.41, 5.74) is 0. The van der Waals surface area contributed by atoms with Crippen LogP contribution < -0.4 is 5.32 Å². The van der Waals surface area contributed by atoms with Gasteiger partial charge in [0.1, 0.15) is 0 Å². The smallest absolute Gasteiger partial charge is 0.0116 e. The van der Waals surface area contributed by atoms with Crippen LogP contribution in [0.1, 0.15) is 94.9 Å². The molecule has 2 fully saturated rings. The van der Waals surface area contributed by atoms with Crippen molar-refractivity contribution in [1.82, 2.24) is 10.2 Å². The van der Waals surface area contributed by atoms with Gasteiger partial charge in [-0.3, -0.25) is 0 Å². The van der Waals surface area contributed by atoms with Gasteiger partial charge in [-0.2, -0.15) is 0 Å². The van der Waals surface area contributed by atoms with E-state index in [1.54, 1.807) is 0 Å². The summed E-state index contributed by atoms with van der Waals surface area (Å²) in [6, 6.07) is 1.68. The lowest BCUT2D eigenvalue weighted by molar-refractivity contribution is 0.250. The predicted octanol–water partition coefficient (Wildman–Crippen LogP) is 6.46. The van der Waals surface area contributed by atoms with E-state index in [1.165, 1.54) is 38.8 Å². The van der Waals surface area contributed by atoms with Crippen molar-refractivity contribution in [3.63, 3.8) is 0 Å². The molecule has 1 N–H and O–H groups in total. The van der Waals surface area contributed by atoms with Gasteiger partial charge in [0.15, 0.2) is 0 Å². The van der Waals surface area contributed by atoms with E-state index >= 15 is 0 Å². The number of likely N-dealkylation sites (tertiary alicyclic amines) is 1. The topological polar surface area (TPSA) is 15.3 Å². The summed E-state index contributed by atoms with van der Waals surface area (Å²) in [5, 5.41) is 3.46. The molecule has 0 radical (unpaired) electrons. The van der Waals surface area contributed by atoms with Gasteiger partial charge in [-0.1, -0.05) is 69.2 Å². The summed E-state index contributed by atoms with van der Waals surface area (Å²) >= 11 is 0. The molecule has 0 aliphatic carbocycles. The Morgan fingerprint density at radius 3 is 1.44 bits per heavy atom. The van der Waals surface area contributed by atoms with Gasteiger partial charge in [0.2, 0.25) is 0 Å². The average molecular weight is 357 g/mol. The molecular formula is C23H52N2. The molecule has 0 unspecified atom stereocenters. The minimum Gasteiger partial charge on any atom is -0.314 e. The van der Waals surface area contributed by atoms with E-state index in [4.69, 9.17) is 0 Å². The SMILES string of the molecule is CC.CC(C)C(C)C.CC(C)[C@@H]1CCCN1.CC(C)[C@@H]1CCCN1C. The molecule has 0 spiro atoms. The Hall–Kier alpha value is -0.0800. The quantitative estimate of drug-likeness (QED) is 0.624. The maximum absolute atomic E-state index is 3.46. The Labute approximate surface area is 161 Å². The van der Waals surface area contributed by atoms with Gasteiger partial charge < -0.3 is 10.2 Å². The van der Waals surface area contributed by atoms with Crippen LogP contribution in [0.2, 0.25) is 0 Å². The van der Waals surface area contributed by atoms with E-state index in [9.17, 15) is 0 Å². The minimum absolute atomic E-state index is 0.815. The molecule has 0 amide bonds. The van der Waals surface area contributed by atoms with E-state index < -0.39 is 0 Å². The van der Waals surface area contributed by atoms with Crippen LogP contribution in [0.15, 0.2) is 0 Å². The van der Waals surface area contributed by atoms with Crippen molar-refractivity contribution in [2.24, 2.45) is 23.7 Å². The highest BCUT2D eigenvalue weighted by Crippen LogP contribution is 2.21. The Morgan fingerprint density at radius 1 is 0.760 bits per heavy atom. The molecule has 0 aromatic heterocycles. The van der Waals surface area contributed by atoms with Gasteiger partial charge >= 0.3 is 0 Å². The van der Waals surface area contributed by atoms with Crippen LogP contribution in [-0.2, 0) is 0 Å². The predicted molar refractivity (Wildman–Crippen MR) is 117 cm³/mol. The first-order valence-corrected chi connectivity index (χ1v) is 11.1. The summed E-state index contributed by atoms with van der Waals surface area (Å²) in [7, 11) is 2.23. The Balaban J connectivity index is 0. The normalized spacial score (nSPS) is 23.2. The van der Waals surface area contributed by atoms with Gasteiger partial charge in [0, 0.05) is 12.1 Å². The van der Waals surface area contributed by atoms with E-state index in [2.05, 4.69) is 72.7 Å². The summed E-state index contributed by atoms with van der Waals surface area (Å²) in [4.78, 5) is 2.48. The lowest BCUT2D eigenvalue weighted by Crippen LogP contribution is -2.29. The van der Waals surface area contributed by atoms with Gasteiger partial charge in [0.25, 0.3) is 0 Å². The third-order valence-electron chi connectivity index (χ3n) is 5.58. The molecule has 154 valence electrons. The highest BCUT2D eigenvalue weighted by Gasteiger charge is 2.22. The monoisotopic (exact) mass is 356 g/mol. The van der Waals surface area contributed by atoms with Crippen molar-refractivity contribution in [1.29, 1.82) is 0 Å². The second kappa shape index (κ2) is 16.1. The van der Waals surface area contributed by atoms with Crippen molar-refractivity contribution in [3.05, 3.63) is 0 Å². The Bertz CT molecular complexity index is 259. The van der Waals surface area contributed by atoms with E-state index in [0.717, 1.165) is 35.8 Å². The van der Waals surface area contributed by atoms with Crippen LogP contribution in [0.5, 0.6) is 0 Å². The first kappa shape index (κ1) is 27.1. The second-order valence-corrected chi connectivity index (χ2v) is 8.87. The molecule has 2 aliphatic heterocycles. The van der Waals surface area contributed by atoms with Crippen molar-refractivity contribution in [2.75, 3.05) is 20.1 Å². The minimum atomic E-state index is 0.815. The van der Waals surface area contributed by atoms with Crippen molar-refractivity contribution in [3.8, 4) is 0 Å². The molecule has 0 saturated carbocycles. The fourth-order valence-corrected chi connectivity index (χ4v) is 3.06. The zero-order valence-corrected chi connectivity index (χ0v) is 19.7. The number of nitrogens with one attached hydrogen (secondary N) is 1. The highest BCUT2D eigenvalue weighted by molar-refractivity contribution is 4.78. The van der Waals surface area contributed by atoms with Crippen molar-refractivity contribution < 1.29 is 0 Å². The lowest BCUT2D eigenvalue weighted by atomic mass is 10.0. The van der Waals surface area contributed by atoms with Crippen molar-refractivity contribution >= 4 is 0 Å². The van der Waals surface area contributed by atoms with Crippen LogP contribution in [-0.4, -0.2) is 37.1 Å². The molecule has 2 atom stereocenters. The van der Waals surface area contributed by atoms with Crippen LogP contribution >= 0.6 is 0 Å². The highest BCUT2D eigenvalue weighted by atomic mass is 15.1. The molecular weight excluding hydrogens is 304 g/mol. The zero-order valence-electron chi connectivity index (χ0n) is 19.7. The van der Waals surface area contributed by atoms with Gasteiger partial charge in [-0.05, 0) is 69.5 Å². The maximum atomic E-state index is 3.46. The zero-order chi connectivity index (χ0) is 20.0. The third kappa shape index (κ3) is 13.7. The molecule has 2 heterocycles. The van der Waals surface area contributed by atoms with Crippen LogP contribution in [0.3, 0.4) is 0 Å². The first-order valence-electron chi connectivity index (χ1n) is 11.1. The fourth-order valence-electron chi connectivity index (χ4n) is 3.06. The third-order valence-corrected chi connectivity index (χ3v) is 5.58. The van der Waals surface area contributed by atoms with E-state index in [-0.39, 0.29) is 0 Å². The maximum Gasteiger partial charge on any atom is 0.0116 e. The summed E-state index contributed by atoms with van der Waals surface area (Å²) in [5.74, 6) is 3.38. The van der Waals surface area contributed by atoms with Crippen LogP contribution in [0.25, 0.3) is 0 Å². The molecule has 2 nitrogen and oxygen atoms in total. The molecule has 0 aromatic rings. The van der Waals surface area contributed by atoms with Gasteiger partial charge in [-0.25, -0.2) is 0 Å². The van der Waals surface area contributed by atoms with E-state index in [0.29, 0.717) is 0 Å². The summed E-state index contributed by atoms with van der Waals surface area (Å²) in [6.07, 6.45) is 5.58. The first-order chi connectivity index (χ1) is 11.7. The van der Waals surface area contributed by atoms with Crippen molar-refractivity contribution in [2.45, 2.75) is 107 Å². The summed E-state index contributed by atoms with van der Waals surface area (Å²) < 4.78 is 0. The fraction of sp³-hybridized carbons (Fsp3) is 1.00. The van der Waals surface area contributed by atoms with Gasteiger partial charge in [-0.15, -0.1) is 0 Å². The summed E-state index contributed by atoms with van der Waals surface area (Å²) in [6.45, 7) is 24.7. The molecule has 25 heavy (non-hydrogen) atoms. The number of hydrogen-bond donors (Lipinski definition) is 1. The standard InChI is InChI=1S/C8H17N.C7H15N.C6H14.C2H6/c1-7(2)8-5-4-6-9(8)3;1-6(2)7-4-3-5-8-7;1-5(2)6(3)4;1-2/h7-8H,4-6H2,1-3H3;6-8H,3-5H2,1-2H3;5-6H,1-4H3;1-2H3/t8-;7-;;/m00../s1. The lowest BCUT2D eigenvalue weighted by Gasteiger charge is -2.22. The molecule has 0 bridgehead atoms. The van der Waals surface area contributed by atoms with Crippen LogP contribution in [0.4, 0.5) is 0 Å². The molecule has 2 saturated heterocycles. The van der Waals surface area contributed by atoms with Crippen LogP contribution in [0, 0.1) is 23.7 Å². The second-order valence-electron chi connectivity index (χ2n) is 8.87. The number of rotatable bonds is 3. The molecule has 2 heteroatoms. The molecule has 0 aromatic carbocycles. The molecule has 2 rings (SSSR count). The Kier molecular flexibility index (Phi) is 17.5. The largest absolute Gasteiger partial charge is 0.314 e. The average Bonchev–Trinajstić information content (AvgIpc) is 3.21. The number of hydrogen-bond acceptors (Lipinski definition) is 2. The van der Waals surface area contributed by atoms with E-state index in [1.807, 2.05) is 13.8 Å². The Morgan fingerprint density at radius 2 is 1.28 bits per heavy atom.